The van der Waals surface area contributed by atoms with Gasteiger partial charge in [-0.3, -0.25) is 4.21 Å². The molecular formula is C16H19NO2S. The molecule has 1 aromatic rings. The van der Waals surface area contributed by atoms with Gasteiger partial charge in [-0.2, -0.15) is 5.26 Å². The molecule has 2 unspecified atom stereocenters. The summed E-state index contributed by atoms with van der Waals surface area (Å²) in [5.41, 5.74) is 1.04. The standard InChI is InChI=1S/C16H19NO2S/c17-9-8-12-4-6-13(7-5-12)16(18)10-14-2-1-3-15(11-16)20(14)19/h4-7,14-15,18H,1-3,8,10-11H2. The van der Waals surface area contributed by atoms with Crippen molar-refractivity contribution in [1.29, 1.82) is 5.26 Å². The van der Waals surface area contributed by atoms with Gasteiger partial charge in [-0.1, -0.05) is 30.7 Å². The lowest BCUT2D eigenvalue weighted by Crippen LogP contribution is -2.47. The normalized spacial score (nSPS) is 36.3. The zero-order valence-corrected chi connectivity index (χ0v) is 12.2. The molecule has 3 nitrogen and oxygen atoms in total. The minimum Gasteiger partial charge on any atom is -0.385 e. The van der Waals surface area contributed by atoms with Crippen LogP contribution in [0.2, 0.25) is 0 Å². The van der Waals surface area contributed by atoms with E-state index in [4.69, 9.17) is 5.26 Å². The predicted octanol–water partition coefficient (Wildman–Crippen LogP) is 2.40. The van der Waals surface area contributed by atoms with Crippen LogP contribution < -0.4 is 0 Å². The van der Waals surface area contributed by atoms with Crippen LogP contribution in [0.15, 0.2) is 24.3 Å². The molecule has 2 aliphatic heterocycles. The molecule has 0 aliphatic carbocycles. The van der Waals surface area contributed by atoms with Crippen LogP contribution in [-0.2, 0) is 22.8 Å². The minimum absolute atomic E-state index is 0.145. The van der Waals surface area contributed by atoms with Gasteiger partial charge in [-0.15, -0.1) is 0 Å². The highest BCUT2D eigenvalue weighted by Crippen LogP contribution is 2.44. The van der Waals surface area contributed by atoms with Crippen LogP contribution in [0.5, 0.6) is 0 Å². The van der Waals surface area contributed by atoms with E-state index in [-0.39, 0.29) is 10.5 Å². The predicted molar refractivity (Wildman–Crippen MR) is 78.5 cm³/mol. The van der Waals surface area contributed by atoms with Crippen molar-refractivity contribution in [3.05, 3.63) is 35.4 Å². The van der Waals surface area contributed by atoms with Crippen LogP contribution in [0.25, 0.3) is 0 Å². The third-order valence-corrected chi connectivity index (χ3v) is 6.73. The van der Waals surface area contributed by atoms with Crippen molar-refractivity contribution in [2.24, 2.45) is 0 Å². The lowest BCUT2D eigenvalue weighted by molar-refractivity contribution is 0.00653. The first kappa shape index (κ1) is 13.8. The number of nitrogens with zero attached hydrogens (tertiary/aromatic N) is 1. The molecule has 2 aliphatic rings. The summed E-state index contributed by atoms with van der Waals surface area (Å²) in [7, 11) is -0.767. The average Bonchev–Trinajstić information content (AvgIpc) is 2.42. The van der Waals surface area contributed by atoms with Gasteiger partial charge in [0.2, 0.25) is 0 Å². The number of fused-ring (bicyclic) bond motifs is 2. The second-order valence-corrected chi connectivity index (χ2v) is 7.97. The Morgan fingerprint density at radius 2 is 1.85 bits per heavy atom. The van der Waals surface area contributed by atoms with Gasteiger partial charge in [0, 0.05) is 21.3 Å². The fraction of sp³-hybridized carbons (Fsp3) is 0.562. The van der Waals surface area contributed by atoms with E-state index in [1.165, 1.54) is 0 Å². The van der Waals surface area contributed by atoms with E-state index in [2.05, 4.69) is 6.07 Å². The number of nitriles is 1. The van der Waals surface area contributed by atoms with Gasteiger partial charge < -0.3 is 5.11 Å². The fourth-order valence-electron chi connectivity index (χ4n) is 3.54. The van der Waals surface area contributed by atoms with Crippen molar-refractivity contribution in [1.82, 2.24) is 0 Å². The number of rotatable bonds is 2. The summed E-state index contributed by atoms with van der Waals surface area (Å²) in [4.78, 5) is 0. The lowest BCUT2D eigenvalue weighted by atomic mass is 9.80. The van der Waals surface area contributed by atoms with E-state index in [1.54, 1.807) is 0 Å². The minimum atomic E-state index is -0.838. The molecule has 2 atom stereocenters. The lowest BCUT2D eigenvalue weighted by Gasteiger charge is -2.43. The van der Waals surface area contributed by atoms with Gasteiger partial charge in [0.15, 0.2) is 0 Å². The second kappa shape index (κ2) is 5.31. The van der Waals surface area contributed by atoms with Gasteiger partial charge in [0.05, 0.1) is 18.1 Å². The van der Waals surface area contributed by atoms with Crippen LogP contribution >= 0.6 is 0 Å². The van der Waals surface area contributed by atoms with Crippen molar-refractivity contribution in [2.75, 3.05) is 0 Å². The summed E-state index contributed by atoms with van der Waals surface area (Å²) < 4.78 is 12.2. The number of hydrogen-bond acceptors (Lipinski definition) is 3. The molecule has 1 aromatic carbocycles. The van der Waals surface area contributed by atoms with Crippen LogP contribution in [0.3, 0.4) is 0 Å². The van der Waals surface area contributed by atoms with Crippen molar-refractivity contribution >= 4 is 10.8 Å². The van der Waals surface area contributed by atoms with Crippen molar-refractivity contribution in [3.8, 4) is 6.07 Å². The third kappa shape index (κ3) is 2.41. The Balaban J connectivity index is 1.85. The summed E-state index contributed by atoms with van der Waals surface area (Å²) >= 11 is 0. The third-order valence-electron chi connectivity index (χ3n) is 4.61. The first-order chi connectivity index (χ1) is 9.62. The van der Waals surface area contributed by atoms with Crippen LogP contribution in [-0.4, -0.2) is 19.8 Å². The molecule has 4 heteroatoms. The highest BCUT2D eigenvalue weighted by molar-refractivity contribution is 7.86. The van der Waals surface area contributed by atoms with E-state index in [9.17, 15) is 9.32 Å². The quantitative estimate of drug-likeness (QED) is 0.909. The maximum absolute atomic E-state index is 12.2. The van der Waals surface area contributed by atoms with Gasteiger partial charge in [-0.25, -0.2) is 0 Å². The molecule has 0 spiro atoms. The van der Waals surface area contributed by atoms with E-state index >= 15 is 0 Å². The summed E-state index contributed by atoms with van der Waals surface area (Å²) in [5, 5.41) is 20.0. The summed E-state index contributed by atoms with van der Waals surface area (Å²) in [5.74, 6) is 0. The van der Waals surface area contributed by atoms with Crippen LogP contribution in [0, 0.1) is 11.3 Å². The largest absolute Gasteiger partial charge is 0.385 e. The molecule has 2 heterocycles. The van der Waals surface area contributed by atoms with E-state index in [0.717, 1.165) is 30.4 Å². The Kier molecular flexibility index (Phi) is 3.66. The summed E-state index contributed by atoms with van der Waals surface area (Å²) in [6.45, 7) is 0. The van der Waals surface area contributed by atoms with Crippen molar-refractivity contribution in [3.63, 3.8) is 0 Å². The Hall–Kier alpha value is -1.18. The number of hydrogen-bond donors (Lipinski definition) is 1. The highest BCUT2D eigenvalue weighted by atomic mass is 32.2. The maximum Gasteiger partial charge on any atom is 0.0919 e. The molecule has 3 rings (SSSR count). The molecular weight excluding hydrogens is 270 g/mol. The van der Waals surface area contributed by atoms with Crippen LogP contribution in [0.1, 0.15) is 43.2 Å². The Labute approximate surface area is 122 Å². The smallest absolute Gasteiger partial charge is 0.0919 e. The molecule has 20 heavy (non-hydrogen) atoms. The number of aliphatic hydroxyl groups is 1. The van der Waals surface area contributed by atoms with Gasteiger partial charge in [0.25, 0.3) is 0 Å². The molecule has 0 aromatic heterocycles. The zero-order valence-electron chi connectivity index (χ0n) is 11.4. The second-order valence-electron chi connectivity index (χ2n) is 5.98. The van der Waals surface area contributed by atoms with Gasteiger partial charge >= 0.3 is 0 Å². The fourth-order valence-corrected chi connectivity index (χ4v) is 5.76. The molecule has 0 saturated carbocycles. The zero-order chi connectivity index (χ0) is 14.2. The first-order valence-corrected chi connectivity index (χ1v) is 8.48. The van der Waals surface area contributed by atoms with Crippen molar-refractivity contribution in [2.45, 2.75) is 54.6 Å². The van der Waals surface area contributed by atoms with Gasteiger partial charge in [-0.05, 0) is 36.8 Å². The summed E-state index contributed by atoms with van der Waals surface area (Å²) in [6.07, 6.45) is 4.68. The molecule has 106 valence electrons. The Morgan fingerprint density at radius 3 is 2.40 bits per heavy atom. The maximum atomic E-state index is 12.2. The van der Waals surface area contributed by atoms with Crippen molar-refractivity contribution < 1.29 is 9.32 Å². The molecule has 2 saturated heterocycles. The van der Waals surface area contributed by atoms with E-state index < -0.39 is 16.4 Å². The Morgan fingerprint density at radius 1 is 1.25 bits per heavy atom. The van der Waals surface area contributed by atoms with Gasteiger partial charge in [0.1, 0.15) is 0 Å². The Bertz CT molecular complexity index is 545. The first-order valence-electron chi connectivity index (χ1n) is 7.20. The summed E-state index contributed by atoms with van der Waals surface area (Å²) in [6, 6.07) is 9.81. The van der Waals surface area contributed by atoms with E-state index in [1.807, 2.05) is 24.3 Å². The van der Waals surface area contributed by atoms with E-state index in [0.29, 0.717) is 19.3 Å². The monoisotopic (exact) mass is 289 g/mol. The molecule has 0 radical (unpaired) electrons. The molecule has 2 bridgehead atoms. The van der Waals surface area contributed by atoms with Crippen LogP contribution in [0.4, 0.5) is 0 Å². The molecule has 2 fully saturated rings. The topological polar surface area (TPSA) is 61.1 Å². The molecule has 0 amide bonds. The number of benzene rings is 1. The SMILES string of the molecule is N#CCc1ccc(C2(O)CC3CCCC(C2)S3=O)cc1. The molecule has 1 N–H and O–H groups in total. The average molecular weight is 289 g/mol. The highest BCUT2D eigenvalue weighted by Gasteiger charge is 2.46.